The summed E-state index contributed by atoms with van der Waals surface area (Å²) in [6, 6.07) is 15.6. The molecule has 2 amide bonds. The molecule has 2 atom stereocenters. The Morgan fingerprint density at radius 1 is 0.963 bits per heavy atom. The summed E-state index contributed by atoms with van der Waals surface area (Å²) in [7, 11) is 0. The number of hydrogen-bond acceptors (Lipinski definition) is 3. The Hall–Kier alpha value is -3.13. The average molecular weight is 363 g/mol. The summed E-state index contributed by atoms with van der Waals surface area (Å²) in [4.78, 5) is 25.4. The zero-order chi connectivity index (χ0) is 20.0. The van der Waals surface area contributed by atoms with Crippen LogP contribution in [0.3, 0.4) is 0 Å². The fourth-order valence-corrected chi connectivity index (χ4v) is 2.81. The molecule has 27 heavy (non-hydrogen) atoms. The number of amides is 2. The summed E-state index contributed by atoms with van der Waals surface area (Å²) in [6.07, 6.45) is 0. The Balaban J connectivity index is 2.09. The van der Waals surface area contributed by atoms with E-state index in [9.17, 15) is 9.59 Å². The van der Waals surface area contributed by atoms with Crippen molar-refractivity contribution in [1.82, 2.24) is 10.6 Å². The van der Waals surface area contributed by atoms with Gasteiger partial charge in [0, 0.05) is 5.56 Å². The van der Waals surface area contributed by atoms with Crippen molar-refractivity contribution in [3.63, 3.8) is 0 Å². The van der Waals surface area contributed by atoms with Gasteiger partial charge in [-0.3, -0.25) is 9.59 Å². The second-order valence-electron chi connectivity index (χ2n) is 6.97. The van der Waals surface area contributed by atoms with Crippen LogP contribution in [0.2, 0.25) is 0 Å². The van der Waals surface area contributed by atoms with Crippen molar-refractivity contribution >= 4 is 11.8 Å². The molecule has 2 aromatic carbocycles. The highest BCUT2D eigenvalue weighted by molar-refractivity contribution is 5.98. The third-order valence-electron chi connectivity index (χ3n) is 4.52. The quantitative estimate of drug-likeness (QED) is 0.824. The van der Waals surface area contributed by atoms with Crippen molar-refractivity contribution in [3.8, 4) is 6.07 Å². The predicted molar refractivity (Wildman–Crippen MR) is 105 cm³/mol. The molecule has 0 aliphatic rings. The molecular formula is C22H25N3O2. The van der Waals surface area contributed by atoms with Crippen LogP contribution in [0.5, 0.6) is 0 Å². The standard InChI is InChI=1S/C22H25N3O2/c1-14(2)20(25-21(26)19-8-6-5-7-15(19)3)22(27)24-16(4)18-11-9-17(13-23)10-12-18/h5-12,14,16,20H,1-4H3,(H,24,27)(H,25,26). The maximum atomic E-state index is 12.8. The van der Waals surface area contributed by atoms with Crippen LogP contribution >= 0.6 is 0 Å². The van der Waals surface area contributed by atoms with Gasteiger partial charge in [0.05, 0.1) is 17.7 Å². The van der Waals surface area contributed by atoms with Crippen LogP contribution in [-0.2, 0) is 4.79 Å². The highest BCUT2D eigenvalue weighted by atomic mass is 16.2. The Labute approximate surface area is 160 Å². The zero-order valence-corrected chi connectivity index (χ0v) is 16.1. The van der Waals surface area contributed by atoms with Crippen LogP contribution in [0.15, 0.2) is 48.5 Å². The van der Waals surface area contributed by atoms with Crippen LogP contribution in [0.1, 0.15) is 53.9 Å². The fraction of sp³-hybridized carbons (Fsp3) is 0.318. The third-order valence-corrected chi connectivity index (χ3v) is 4.52. The predicted octanol–water partition coefficient (Wildman–Crippen LogP) is 3.50. The van der Waals surface area contributed by atoms with E-state index in [1.807, 2.05) is 52.0 Å². The molecule has 2 aromatic rings. The summed E-state index contributed by atoms with van der Waals surface area (Å²) >= 11 is 0. The first-order chi connectivity index (χ1) is 12.8. The monoisotopic (exact) mass is 363 g/mol. The van der Waals surface area contributed by atoms with Crippen molar-refractivity contribution in [1.29, 1.82) is 5.26 Å². The van der Waals surface area contributed by atoms with Crippen LogP contribution in [0, 0.1) is 24.2 Å². The zero-order valence-electron chi connectivity index (χ0n) is 16.1. The highest BCUT2D eigenvalue weighted by Gasteiger charge is 2.26. The van der Waals surface area contributed by atoms with Crippen LogP contribution in [0.25, 0.3) is 0 Å². The van der Waals surface area contributed by atoms with E-state index in [1.165, 1.54) is 0 Å². The highest BCUT2D eigenvalue weighted by Crippen LogP contribution is 2.15. The largest absolute Gasteiger partial charge is 0.348 e. The second kappa shape index (κ2) is 9.00. The number of rotatable bonds is 6. The molecule has 0 radical (unpaired) electrons. The van der Waals surface area contributed by atoms with Crippen molar-refractivity contribution in [2.75, 3.05) is 0 Å². The second-order valence-corrected chi connectivity index (χ2v) is 6.97. The molecular weight excluding hydrogens is 338 g/mol. The smallest absolute Gasteiger partial charge is 0.252 e. The van der Waals surface area contributed by atoms with Crippen molar-refractivity contribution in [2.24, 2.45) is 5.92 Å². The van der Waals surface area contributed by atoms with E-state index >= 15 is 0 Å². The first kappa shape index (κ1) is 20.2. The maximum absolute atomic E-state index is 12.8. The van der Waals surface area contributed by atoms with Gasteiger partial charge in [0.25, 0.3) is 5.91 Å². The molecule has 0 fully saturated rings. The molecule has 0 aliphatic heterocycles. The van der Waals surface area contributed by atoms with Gasteiger partial charge >= 0.3 is 0 Å². The number of nitrogens with zero attached hydrogens (tertiary/aromatic N) is 1. The van der Waals surface area contributed by atoms with Gasteiger partial charge in [-0.2, -0.15) is 5.26 Å². The Morgan fingerprint density at radius 3 is 2.15 bits per heavy atom. The summed E-state index contributed by atoms with van der Waals surface area (Å²) in [5, 5.41) is 14.7. The molecule has 2 N–H and O–H groups in total. The van der Waals surface area contributed by atoms with Gasteiger partial charge in [-0.05, 0) is 49.1 Å². The van der Waals surface area contributed by atoms with E-state index in [4.69, 9.17) is 5.26 Å². The van der Waals surface area contributed by atoms with Crippen LogP contribution in [-0.4, -0.2) is 17.9 Å². The lowest BCUT2D eigenvalue weighted by Gasteiger charge is -2.24. The number of nitriles is 1. The molecule has 0 heterocycles. The number of nitrogens with one attached hydrogen (secondary N) is 2. The molecule has 0 aliphatic carbocycles. The van der Waals surface area contributed by atoms with Gasteiger partial charge in [0.15, 0.2) is 0 Å². The molecule has 0 aromatic heterocycles. The number of benzene rings is 2. The van der Waals surface area contributed by atoms with Crippen molar-refractivity contribution in [2.45, 2.75) is 39.8 Å². The van der Waals surface area contributed by atoms with Crippen molar-refractivity contribution in [3.05, 3.63) is 70.8 Å². The number of hydrogen-bond donors (Lipinski definition) is 2. The van der Waals surface area contributed by atoms with Crippen molar-refractivity contribution < 1.29 is 9.59 Å². The van der Waals surface area contributed by atoms with Gasteiger partial charge < -0.3 is 10.6 Å². The summed E-state index contributed by atoms with van der Waals surface area (Å²) in [6.45, 7) is 7.54. The van der Waals surface area contributed by atoms with Crippen LogP contribution in [0.4, 0.5) is 0 Å². The van der Waals surface area contributed by atoms with Crippen LogP contribution < -0.4 is 10.6 Å². The third kappa shape index (κ3) is 5.18. The average Bonchev–Trinajstić information content (AvgIpc) is 2.65. The number of carbonyl (C=O) groups is 2. The maximum Gasteiger partial charge on any atom is 0.252 e. The van der Waals surface area contributed by atoms with Gasteiger partial charge in [-0.15, -0.1) is 0 Å². The van der Waals surface area contributed by atoms with E-state index in [1.54, 1.807) is 24.3 Å². The van der Waals surface area contributed by atoms with E-state index < -0.39 is 6.04 Å². The minimum atomic E-state index is -0.641. The molecule has 140 valence electrons. The number of aryl methyl sites for hydroxylation is 1. The van der Waals surface area contributed by atoms with Gasteiger partial charge in [-0.1, -0.05) is 44.2 Å². The van der Waals surface area contributed by atoms with Gasteiger partial charge in [-0.25, -0.2) is 0 Å². The minimum Gasteiger partial charge on any atom is -0.348 e. The lowest BCUT2D eigenvalue weighted by molar-refractivity contribution is -0.124. The first-order valence-electron chi connectivity index (χ1n) is 9.00. The molecule has 0 bridgehead atoms. The fourth-order valence-electron chi connectivity index (χ4n) is 2.81. The molecule has 2 rings (SSSR count). The Bertz CT molecular complexity index is 851. The topological polar surface area (TPSA) is 82.0 Å². The SMILES string of the molecule is Cc1ccccc1C(=O)NC(C(=O)NC(C)c1ccc(C#N)cc1)C(C)C. The van der Waals surface area contributed by atoms with E-state index in [-0.39, 0.29) is 23.8 Å². The van der Waals surface area contributed by atoms with E-state index in [0.29, 0.717) is 11.1 Å². The Morgan fingerprint density at radius 2 is 1.59 bits per heavy atom. The normalized spacial score (nSPS) is 12.7. The first-order valence-corrected chi connectivity index (χ1v) is 9.00. The van der Waals surface area contributed by atoms with E-state index in [0.717, 1.165) is 11.1 Å². The summed E-state index contributed by atoms with van der Waals surface area (Å²) in [5.41, 5.74) is 2.90. The molecule has 0 saturated heterocycles. The number of carbonyl (C=O) groups excluding carboxylic acids is 2. The van der Waals surface area contributed by atoms with E-state index in [2.05, 4.69) is 16.7 Å². The minimum absolute atomic E-state index is 0.0638. The lowest BCUT2D eigenvalue weighted by atomic mass is 10.0. The molecule has 2 unspecified atom stereocenters. The van der Waals surface area contributed by atoms with Gasteiger partial charge in [0.2, 0.25) is 5.91 Å². The lowest BCUT2D eigenvalue weighted by Crippen LogP contribution is -2.50. The molecule has 0 spiro atoms. The molecule has 5 heteroatoms. The molecule has 5 nitrogen and oxygen atoms in total. The molecule has 0 saturated carbocycles. The summed E-state index contributed by atoms with van der Waals surface area (Å²) < 4.78 is 0. The Kier molecular flexibility index (Phi) is 6.73. The summed E-state index contributed by atoms with van der Waals surface area (Å²) in [5.74, 6) is -0.553. The van der Waals surface area contributed by atoms with Gasteiger partial charge in [0.1, 0.15) is 6.04 Å².